The van der Waals surface area contributed by atoms with Gasteiger partial charge in [0.2, 0.25) is 5.91 Å². The molecule has 1 aromatic heterocycles. The van der Waals surface area contributed by atoms with E-state index in [1.807, 2.05) is 26.8 Å². The highest BCUT2D eigenvalue weighted by Gasteiger charge is 2.14. The van der Waals surface area contributed by atoms with Crippen molar-refractivity contribution in [2.45, 2.75) is 25.8 Å². The highest BCUT2D eigenvalue weighted by atomic mass is 32.2. The third kappa shape index (κ3) is 3.73. The summed E-state index contributed by atoms with van der Waals surface area (Å²) in [4.78, 5) is 16.6. The first-order valence-corrected chi connectivity index (χ1v) is 8.26. The quantitative estimate of drug-likeness (QED) is 0.863. The van der Waals surface area contributed by atoms with E-state index in [9.17, 15) is 10.1 Å². The van der Waals surface area contributed by atoms with Crippen molar-refractivity contribution in [1.29, 1.82) is 10.5 Å². The Balaban J connectivity index is 2.13. The Bertz CT molecular complexity index is 878. The number of carbonyl (C=O) groups is 1. The van der Waals surface area contributed by atoms with Gasteiger partial charge in [-0.2, -0.15) is 10.5 Å². The van der Waals surface area contributed by atoms with Crippen LogP contribution < -0.4 is 5.32 Å². The van der Waals surface area contributed by atoms with E-state index in [-0.39, 0.29) is 11.7 Å². The van der Waals surface area contributed by atoms with Gasteiger partial charge in [-0.3, -0.25) is 4.79 Å². The molecule has 0 aliphatic carbocycles. The number of hydrogen-bond donors (Lipinski definition) is 1. The second-order valence-corrected chi connectivity index (χ2v) is 6.20. The van der Waals surface area contributed by atoms with Gasteiger partial charge in [-0.15, -0.1) is 0 Å². The van der Waals surface area contributed by atoms with Crippen LogP contribution in [0.4, 0.5) is 5.69 Å². The molecule has 2 rings (SSSR count). The largest absolute Gasteiger partial charge is 0.324 e. The molecule has 2 aromatic rings. The molecule has 0 bridgehead atoms. The fourth-order valence-corrected chi connectivity index (χ4v) is 3.04. The van der Waals surface area contributed by atoms with Crippen LogP contribution in [0.15, 0.2) is 29.3 Å². The van der Waals surface area contributed by atoms with E-state index in [1.165, 1.54) is 11.8 Å². The molecular formula is C18H16N4OS. The van der Waals surface area contributed by atoms with Gasteiger partial charge in [0, 0.05) is 5.69 Å². The summed E-state index contributed by atoms with van der Waals surface area (Å²) < 4.78 is 0. The maximum absolute atomic E-state index is 12.1. The summed E-state index contributed by atoms with van der Waals surface area (Å²) in [5.74, 6) is -0.132. The maximum Gasteiger partial charge on any atom is 0.234 e. The zero-order valence-corrected chi connectivity index (χ0v) is 14.5. The molecule has 0 saturated carbocycles. The number of hydrogen-bond acceptors (Lipinski definition) is 5. The fraction of sp³-hybridized carbons (Fsp3) is 0.222. The van der Waals surface area contributed by atoms with E-state index >= 15 is 0 Å². The van der Waals surface area contributed by atoms with Crippen molar-refractivity contribution in [2.24, 2.45) is 0 Å². The Kier molecular flexibility index (Phi) is 5.57. The predicted molar refractivity (Wildman–Crippen MR) is 93.7 cm³/mol. The number of rotatable bonds is 4. The number of thioether (sulfide) groups is 1. The van der Waals surface area contributed by atoms with E-state index in [2.05, 4.69) is 16.4 Å². The minimum Gasteiger partial charge on any atom is -0.324 e. The zero-order chi connectivity index (χ0) is 17.7. The first-order valence-electron chi connectivity index (χ1n) is 7.27. The number of amides is 1. The average molecular weight is 336 g/mol. The number of anilines is 1. The normalized spacial score (nSPS) is 9.88. The number of carbonyl (C=O) groups excluding carboxylic acids is 1. The van der Waals surface area contributed by atoms with E-state index in [1.54, 1.807) is 24.3 Å². The van der Waals surface area contributed by atoms with Gasteiger partial charge in [-0.05, 0) is 44.0 Å². The molecule has 0 spiro atoms. The monoisotopic (exact) mass is 336 g/mol. The number of nitriles is 2. The summed E-state index contributed by atoms with van der Waals surface area (Å²) in [5, 5.41) is 21.7. The number of aromatic nitrogens is 1. The molecule has 0 unspecified atom stereocenters. The lowest BCUT2D eigenvalue weighted by Crippen LogP contribution is -2.15. The summed E-state index contributed by atoms with van der Waals surface area (Å²) in [6.07, 6.45) is 0. The molecular weight excluding hydrogens is 320 g/mol. The van der Waals surface area contributed by atoms with Gasteiger partial charge in [-0.1, -0.05) is 23.9 Å². The average Bonchev–Trinajstić information content (AvgIpc) is 2.58. The van der Waals surface area contributed by atoms with Crippen molar-refractivity contribution in [3.05, 3.63) is 52.2 Å². The third-order valence-electron chi connectivity index (χ3n) is 3.74. The lowest BCUT2D eigenvalue weighted by Gasteiger charge is -2.11. The van der Waals surface area contributed by atoms with Crippen LogP contribution in [-0.4, -0.2) is 16.6 Å². The minimum atomic E-state index is -0.246. The highest BCUT2D eigenvalue weighted by molar-refractivity contribution is 8.00. The Hall–Kier alpha value is -2.83. The lowest BCUT2D eigenvalue weighted by atomic mass is 10.1. The Morgan fingerprint density at radius 3 is 2.54 bits per heavy atom. The smallest absolute Gasteiger partial charge is 0.234 e. The summed E-state index contributed by atoms with van der Waals surface area (Å²) >= 11 is 1.22. The second kappa shape index (κ2) is 7.63. The van der Waals surface area contributed by atoms with Crippen molar-refractivity contribution >= 4 is 23.4 Å². The molecule has 0 aliphatic rings. The third-order valence-corrected chi connectivity index (χ3v) is 4.71. The molecule has 1 amide bonds. The van der Waals surface area contributed by atoms with Crippen molar-refractivity contribution in [3.8, 4) is 12.1 Å². The van der Waals surface area contributed by atoms with E-state index in [0.717, 1.165) is 16.8 Å². The van der Waals surface area contributed by atoms with Crippen molar-refractivity contribution in [2.75, 3.05) is 11.1 Å². The lowest BCUT2D eigenvalue weighted by molar-refractivity contribution is -0.113. The fourth-order valence-electron chi connectivity index (χ4n) is 2.16. The van der Waals surface area contributed by atoms with Crippen molar-refractivity contribution < 1.29 is 4.79 Å². The Morgan fingerprint density at radius 2 is 1.88 bits per heavy atom. The number of nitrogens with zero attached hydrogens (tertiary/aromatic N) is 3. The zero-order valence-electron chi connectivity index (χ0n) is 13.7. The summed E-state index contributed by atoms with van der Waals surface area (Å²) in [5.41, 5.74) is 4.13. The van der Waals surface area contributed by atoms with Crippen LogP contribution in [0.25, 0.3) is 0 Å². The predicted octanol–water partition coefficient (Wildman–Crippen LogP) is 3.48. The number of para-hydroxylation sites is 1. The molecule has 0 atom stereocenters. The first-order chi connectivity index (χ1) is 11.5. The van der Waals surface area contributed by atoms with E-state index in [4.69, 9.17) is 5.26 Å². The summed E-state index contributed by atoms with van der Waals surface area (Å²) in [6.45, 7) is 5.70. The van der Waals surface area contributed by atoms with Crippen molar-refractivity contribution in [1.82, 2.24) is 4.98 Å². The minimum absolute atomic E-state index is 0.114. The number of nitrogens with one attached hydrogen (secondary N) is 1. The molecule has 1 N–H and O–H groups in total. The molecule has 0 aliphatic heterocycles. The van der Waals surface area contributed by atoms with Crippen LogP contribution in [0.5, 0.6) is 0 Å². The number of pyridine rings is 1. The van der Waals surface area contributed by atoms with Gasteiger partial charge in [0.15, 0.2) is 0 Å². The highest BCUT2D eigenvalue weighted by Crippen LogP contribution is 2.26. The second-order valence-electron chi connectivity index (χ2n) is 5.23. The molecule has 0 radical (unpaired) electrons. The first kappa shape index (κ1) is 17.5. The molecule has 120 valence electrons. The van der Waals surface area contributed by atoms with Gasteiger partial charge >= 0.3 is 0 Å². The van der Waals surface area contributed by atoms with Crippen LogP contribution in [-0.2, 0) is 4.79 Å². The molecule has 0 fully saturated rings. The molecule has 0 saturated heterocycles. The number of benzene rings is 1. The topological polar surface area (TPSA) is 89.6 Å². The standard InChI is InChI=1S/C18H16N4OS/c1-11-12(2)15(9-20)18(21-13(11)3)24-10-17(23)22-16-7-5-4-6-14(16)8-19/h4-7H,10H2,1-3H3,(H,22,23). The Morgan fingerprint density at radius 1 is 1.17 bits per heavy atom. The van der Waals surface area contributed by atoms with Crippen molar-refractivity contribution in [3.63, 3.8) is 0 Å². The van der Waals surface area contributed by atoms with Crippen LogP contribution >= 0.6 is 11.8 Å². The van der Waals surface area contributed by atoms with Gasteiger partial charge in [0.25, 0.3) is 0 Å². The van der Waals surface area contributed by atoms with Gasteiger partial charge < -0.3 is 5.32 Å². The molecule has 1 heterocycles. The SMILES string of the molecule is Cc1nc(SCC(=O)Nc2ccccc2C#N)c(C#N)c(C)c1C. The Labute approximate surface area is 145 Å². The van der Waals surface area contributed by atoms with Gasteiger partial charge in [0.05, 0.1) is 22.6 Å². The molecule has 1 aromatic carbocycles. The summed E-state index contributed by atoms with van der Waals surface area (Å²) in [7, 11) is 0. The van der Waals surface area contributed by atoms with Crippen LogP contribution in [0.1, 0.15) is 27.9 Å². The number of aryl methyl sites for hydroxylation is 1. The van der Waals surface area contributed by atoms with E-state index < -0.39 is 0 Å². The summed E-state index contributed by atoms with van der Waals surface area (Å²) in [6, 6.07) is 11.0. The van der Waals surface area contributed by atoms with Crippen LogP contribution in [0.3, 0.4) is 0 Å². The molecule has 5 nitrogen and oxygen atoms in total. The van der Waals surface area contributed by atoms with Crippen LogP contribution in [0.2, 0.25) is 0 Å². The van der Waals surface area contributed by atoms with E-state index in [0.29, 0.717) is 21.8 Å². The molecule has 24 heavy (non-hydrogen) atoms. The molecule has 6 heteroatoms. The van der Waals surface area contributed by atoms with Gasteiger partial charge in [0.1, 0.15) is 17.2 Å². The van der Waals surface area contributed by atoms with Crippen LogP contribution in [0, 0.1) is 43.4 Å². The maximum atomic E-state index is 12.1. The van der Waals surface area contributed by atoms with Gasteiger partial charge in [-0.25, -0.2) is 4.98 Å².